The molecule has 10 rings (SSSR count). The van der Waals surface area contributed by atoms with Crippen LogP contribution in [0.2, 0.25) is 13.1 Å². The van der Waals surface area contributed by atoms with E-state index in [1.54, 1.807) is 51.4 Å². The van der Waals surface area contributed by atoms with E-state index in [2.05, 4.69) is 49.9 Å². The molecule has 0 bridgehead atoms. The molecule has 16 atom stereocenters. The number of nitrogens with zero attached hydrogens (tertiary/aromatic N) is 2. The molecule has 2 saturated heterocycles. The van der Waals surface area contributed by atoms with Crippen LogP contribution in [0.1, 0.15) is 182 Å². The van der Waals surface area contributed by atoms with Crippen molar-refractivity contribution in [1.82, 2.24) is 9.13 Å². The number of halogens is 4. The zero-order valence-corrected chi connectivity index (χ0v) is 49.1. The van der Waals surface area contributed by atoms with Crippen LogP contribution in [-0.4, -0.2) is 41.7 Å². The Morgan fingerprint density at radius 1 is 0.373 bits per heavy atom. The topological polar surface area (TPSA) is 6.48 Å². The van der Waals surface area contributed by atoms with E-state index in [1.807, 2.05) is 0 Å². The van der Waals surface area contributed by atoms with Gasteiger partial charge in [-0.15, -0.1) is 0 Å². The van der Waals surface area contributed by atoms with Crippen molar-refractivity contribution in [3.63, 3.8) is 0 Å². The quantitative estimate of drug-likeness (QED) is 0.201. The predicted octanol–water partition coefficient (Wildman–Crippen LogP) is 17.3. The maximum atomic E-state index is 4.93. The molecule has 0 radical (unpaired) electrons. The van der Waals surface area contributed by atoms with Crippen LogP contribution in [0.25, 0.3) is 0 Å². The van der Waals surface area contributed by atoms with Crippen LogP contribution in [0.15, 0.2) is 0 Å². The molecule has 10 aliphatic rings. The summed E-state index contributed by atoms with van der Waals surface area (Å²) >= 11 is -1.65. The van der Waals surface area contributed by atoms with Crippen LogP contribution in [0.3, 0.4) is 0 Å². The van der Waals surface area contributed by atoms with Gasteiger partial charge in [0.2, 0.25) is 8.40 Å². The number of rotatable bonds is 2. The fraction of sp³-hybridized carbons (Fsp3) is 0.920. The summed E-state index contributed by atoms with van der Waals surface area (Å²) in [6.45, 7) is 16.3. The van der Waals surface area contributed by atoms with Gasteiger partial charge in [0.05, 0.1) is 0 Å². The number of hydrogen-bond acceptors (Lipinski definition) is 2. The summed E-state index contributed by atoms with van der Waals surface area (Å²) in [5.74, 6) is 12.2. The van der Waals surface area contributed by atoms with Gasteiger partial charge in [-0.2, -0.15) is 0 Å². The minimum atomic E-state index is -1.80. The first-order chi connectivity index (χ1) is 26.5. The molecule has 2 aliphatic heterocycles. The van der Waals surface area contributed by atoms with Gasteiger partial charge in [-0.05, 0) is 161 Å². The van der Waals surface area contributed by atoms with Crippen molar-refractivity contribution < 1.29 is 41.7 Å². The number of hydrogen-bond donors (Lipinski definition) is 0. The maximum absolute atomic E-state index is 4.93. The third-order valence-electron chi connectivity index (χ3n) is 18.0. The van der Waals surface area contributed by atoms with Gasteiger partial charge < -0.3 is 38.8 Å². The van der Waals surface area contributed by atoms with E-state index in [1.165, 1.54) is 103 Å². The Morgan fingerprint density at radius 2 is 0.627 bits per heavy atom. The first-order valence-electron chi connectivity index (χ1n) is 24.0. The van der Waals surface area contributed by atoms with E-state index >= 15 is 0 Å². The summed E-state index contributed by atoms with van der Waals surface area (Å²) < 4.78 is 6.99. The molecule has 10 fully saturated rings. The summed E-state index contributed by atoms with van der Waals surface area (Å²) in [6, 6.07) is 3.75. The summed E-state index contributed by atoms with van der Waals surface area (Å²) in [7, 11) is 17.9. The van der Waals surface area contributed by atoms with Gasteiger partial charge in [-0.25, -0.2) is 0 Å². The zero-order valence-electron chi connectivity index (χ0n) is 40.1. The van der Waals surface area contributed by atoms with E-state index in [4.69, 9.17) is 34.1 Å². The van der Waals surface area contributed by atoms with Crippen LogP contribution in [0.5, 0.6) is 0 Å². The average molecular weight is 1080 g/mol. The van der Waals surface area contributed by atoms with E-state index in [0.717, 1.165) is 95.2 Å². The third kappa shape index (κ3) is 13.6. The molecule has 2 heterocycles. The molecule has 16 unspecified atom stereocenters. The molecule has 9 heteroatoms. The van der Waals surface area contributed by atoms with Gasteiger partial charge in [0.25, 0.3) is 0 Å². The van der Waals surface area contributed by atoms with Crippen molar-refractivity contribution in [2.24, 2.45) is 71.0 Å². The summed E-state index contributed by atoms with van der Waals surface area (Å²) in [4.78, 5) is 0. The van der Waals surface area contributed by atoms with Crippen molar-refractivity contribution in [2.75, 3.05) is 0 Å². The molecule has 2 nitrogen and oxygen atoms in total. The standard InChI is InChI=1S/C36H62N2Si.2C5H10.4CH3.4ClH.2Zr/c1-21-7-11-25-19-31-29-17-23(3)9-13-33(29)37(35(31)27(25)15-21)39(5,6)38-34-14-10-24(4)18-30(34)32-20-26-12-8-22(2)16-28(26)36(32)38;2*1-2-4-5-3-1;;;;;;;;;;/h21-36H,7-20H2,1-6H3;2*1-5H2;4*1H3;4*1H;;/q;;;4*-1;;;;;2*+4/p-4. The molecule has 8 saturated carbocycles. The minimum absolute atomic E-state index is 0. The Kier molecular flexibility index (Phi) is 27.4. The van der Waals surface area contributed by atoms with E-state index in [-0.39, 0.29) is 29.7 Å². The second-order valence-electron chi connectivity index (χ2n) is 21.8. The second-order valence-corrected chi connectivity index (χ2v) is 33.2. The van der Waals surface area contributed by atoms with Gasteiger partial charge in [0.1, 0.15) is 0 Å². The first kappa shape index (κ1) is 58.2. The third-order valence-corrected chi connectivity index (χ3v) is 21.8. The Balaban J connectivity index is 0.000000511. The first-order valence-corrected chi connectivity index (χ1v) is 39.6. The molecule has 344 valence electrons. The molecule has 59 heavy (non-hydrogen) atoms. The molecule has 0 aromatic rings. The monoisotopic (exact) mass is 1070 g/mol. The molecule has 0 aromatic heterocycles. The Hall–Kier alpha value is 3.06. The molecule has 0 spiro atoms. The summed E-state index contributed by atoms with van der Waals surface area (Å²) in [6.07, 6.45) is 36.6. The summed E-state index contributed by atoms with van der Waals surface area (Å²) in [5.41, 5.74) is 0. The van der Waals surface area contributed by atoms with Crippen LogP contribution in [0, 0.1) is 101 Å². The van der Waals surface area contributed by atoms with Gasteiger partial charge in [-0.1, -0.05) is 105 Å². The van der Waals surface area contributed by atoms with E-state index in [9.17, 15) is 0 Å². The van der Waals surface area contributed by atoms with Gasteiger partial charge >= 0.3 is 75.7 Å². The molecule has 0 amide bonds. The average Bonchev–Trinajstić information content (AvgIpc) is 4.01. The van der Waals surface area contributed by atoms with Crippen LogP contribution >= 0.6 is 34.1 Å². The Morgan fingerprint density at radius 3 is 0.915 bits per heavy atom. The normalized spacial score (nSPS) is 42.3. The van der Waals surface area contributed by atoms with E-state index in [0.29, 0.717) is 0 Å². The molecule has 0 N–H and O–H groups in total. The van der Waals surface area contributed by atoms with Crippen LogP contribution in [0.4, 0.5) is 0 Å². The van der Waals surface area contributed by atoms with Gasteiger partial charge in [0, 0.05) is 24.2 Å². The SMILES string of the molecule is C1CCCC1.C1CCCC1.CC1CCC2C(C1)C1CC3CCC(C)CC3C1N2[Si](C)(C)N1C2CCC(C)CC2C2CC3CCC(C)CC3C21.[CH3-].[CH3-].[CH3-].[CH3-].[Cl][Zr+2][Cl].[Cl][Zr+2][Cl]. The van der Waals surface area contributed by atoms with Crippen molar-refractivity contribution in [1.29, 1.82) is 0 Å². The molecule has 8 aliphatic carbocycles. The van der Waals surface area contributed by atoms with Gasteiger partial charge in [0.15, 0.2) is 0 Å². The Bertz CT molecular complexity index is 1040. The fourth-order valence-electron chi connectivity index (χ4n) is 16.0. The van der Waals surface area contributed by atoms with Crippen molar-refractivity contribution >= 4 is 42.4 Å². The number of fused-ring (bicyclic) bond motifs is 10. The van der Waals surface area contributed by atoms with Gasteiger partial charge in [-0.3, -0.25) is 0 Å². The van der Waals surface area contributed by atoms with Crippen LogP contribution in [-0.2, 0) is 41.7 Å². The molecule has 0 aromatic carbocycles. The Labute approximate surface area is 408 Å². The molecular formula is C50H94Cl4N2SiZr2. The fourth-order valence-corrected chi connectivity index (χ4v) is 20.8. The second kappa shape index (κ2) is 27.8. The van der Waals surface area contributed by atoms with Crippen molar-refractivity contribution in [2.45, 2.75) is 219 Å². The zero-order chi connectivity index (χ0) is 39.3. The predicted molar refractivity (Wildman–Crippen MR) is 261 cm³/mol. The van der Waals surface area contributed by atoms with Crippen molar-refractivity contribution in [3.8, 4) is 0 Å². The van der Waals surface area contributed by atoms with Crippen LogP contribution < -0.4 is 0 Å². The van der Waals surface area contributed by atoms with Crippen molar-refractivity contribution in [3.05, 3.63) is 29.7 Å². The van der Waals surface area contributed by atoms with E-state index < -0.39 is 50.1 Å². The molecular weight excluding hydrogens is 981 g/mol. The summed E-state index contributed by atoms with van der Waals surface area (Å²) in [5, 5.41) is 0.